The van der Waals surface area contributed by atoms with E-state index in [1.54, 1.807) is 36.4 Å². The molecule has 0 atom stereocenters. The number of aryl methyl sites for hydroxylation is 1. The van der Waals surface area contributed by atoms with Crippen LogP contribution in [-0.2, 0) is 30.6 Å². The van der Waals surface area contributed by atoms with Gasteiger partial charge in [0.05, 0.1) is 16.3 Å². The molecule has 37 heavy (non-hydrogen) atoms. The van der Waals surface area contributed by atoms with Crippen LogP contribution in [0.2, 0.25) is 5.02 Å². The number of hydrogen-bond acceptors (Lipinski definition) is 5. The summed E-state index contributed by atoms with van der Waals surface area (Å²) in [6.07, 6.45) is 0.792. The fraction of sp³-hybridized carbons (Fsp3) is 0.269. The molecule has 1 amide bonds. The molecule has 0 bridgehead atoms. The summed E-state index contributed by atoms with van der Waals surface area (Å²) in [5.41, 5.74) is 2.39. The average Bonchev–Trinajstić information content (AvgIpc) is 2.85. The first-order chi connectivity index (χ1) is 17.5. The number of rotatable bonds is 8. The van der Waals surface area contributed by atoms with E-state index in [4.69, 9.17) is 11.6 Å². The monoisotopic (exact) mass is 561 g/mol. The van der Waals surface area contributed by atoms with Gasteiger partial charge in [0.2, 0.25) is 15.9 Å². The van der Waals surface area contributed by atoms with E-state index < -0.39 is 20.0 Å². The Morgan fingerprint density at radius 1 is 0.946 bits per heavy atom. The van der Waals surface area contributed by atoms with Crippen molar-refractivity contribution in [1.82, 2.24) is 4.31 Å². The lowest BCUT2D eigenvalue weighted by molar-refractivity contribution is -0.120. The van der Waals surface area contributed by atoms with E-state index in [2.05, 4.69) is 10.0 Å². The molecule has 1 fully saturated rings. The maximum absolute atomic E-state index is 12.8. The summed E-state index contributed by atoms with van der Waals surface area (Å²) in [4.78, 5) is 12.9. The van der Waals surface area contributed by atoms with Gasteiger partial charge in [-0.25, -0.2) is 21.1 Å². The highest BCUT2D eigenvalue weighted by atomic mass is 35.5. The third-order valence-corrected chi connectivity index (χ3v) is 9.74. The molecule has 2 N–H and O–H groups in total. The minimum absolute atomic E-state index is 0.0759. The Kier molecular flexibility index (Phi) is 8.23. The van der Waals surface area contributed by atoms with Crippen molar-refractivity contribution in [1.29, 1.82) is 0 Å². The van der Waals surface area contributed by atoms with Crippen molar-refractivity contribution in [3.8, 4) is 0 Å². The van der Waals surface area contributed by atoms with Gasteiger partial charge in [-0.1, -0.05) is 41.9 Å². The highest BCUT2D eigenvalue weighted by molar-refractivity contribution is 7.92. The molecule has 1 aliphatic heterocycles. The van der Waals surface area contributed by atoms with Gasteiger partial charge in [0, 0.05) is 29.7 Å². The summed E-state index contributed by atoms with van der Waals surface area (Å²) in [5.74, 6) is -0.706. The zero-order chi connectivity index (χ0) is 26.6. The lowest BCUT2D eigenvalue weighted by Crippen LogP contribution is -2.41. The van der Waals surface area contributed by atoms with Crippen molar-refractivity contribution in [3.05, 3.63) is 88.9 Å². The van der Waals surface area contributed by atoms with E-state index in [1.165, 1.54) is 28.6 Å². The third kappa shape index (κ3) is 6.89. The Balaban J connectivity index is 1.32. The van der Waals surface area contributed by atoms with Crippen molar-refractivity contribution in [2.24, 2.45) is 5.92 Å². The summed E-state index contributed by atoms with van der Waals surface area (Å²) in [5, 5.41) is 3.29. The molecule has 11 heteroatoms. The van der Waals surface area contributed by atoms with Crippen LogP contribution in [0.25, 0.3) is 0 Å². The summed E-state index contributed by atoms with van der Waals surface area (Å²) in [7, 11) is -7.30. The van der Waals surface area contributed by atoms with E-state index in [0.29, 0.717) is 34.8 Å². The van der Waals surface area contributed by atoms with E-state index in [-0.39, 0.29) is 35.6 Å². The Labute approximate surface area is 222 Å². The largest absolute Gasteiger partial charge is 0.326 e. The molecule has 0 unspecified atom stereocenters. The summed E-state index contributed by atoms with van der Waals surface area (Å²) in [6.45, 7) is 2.32. The molecular formula is C26H28ClN3O5S2. The van der Waals surface area contributed by atoms with Gasteiger partial charge >= 0.3 is 0 Å². The molecule has 8 nitrogen and oxygen atoms in total. The predicted octanol–water partition coefficient (Wildman–Crippen LogP) is 4.63. The van der Waals surface area contributed by atoms with Gasteiger partial charge in [0.1, 0.15) is 0 Å². The molecule has 1 aliphatic rings. The van der Waals surface area contributed by atoms with Gasteiger partial charge in [-0.15, -0.1) is 0 Å². The van der Waals surface area contributed by atoms with E-state index >= 15 is 0 Å². The second kappa shape index (κ2) is 11.2. The number of sulfonamides is 2. The number of carbonyl (C=O) groups is 1. The molecule has 0 radical (unpaired) electrons. The molecule has 1 saturated heterocycles. The van der Waals surface area contributed by atoms with Crippen LogP contribution in [-0.4, -0.2) is 40.1 Å². The first kappa shape index (κ1) is 27.1. The minimum atomic E-state index is -3.78. The van der Waals surface area contributed by atoms with Crippen molar-refractivity contribution in [2.45, 2.75) is 30.4 Å². The molecule has 4 rings (SSSR count). The molecule has 0 saturated carbocycles. The maximum atomic E-state index is 12.8. The molecule has 3 aromatic carbocycles. The van der Waals surface area contributed by atoms with E-state index in [0.717, 1.165) is 5.56 Å². The summed E-state index contributed by atoms with van der Waals surface area (Å²) in [6, 6.07) is 19.8. The van der Waals surface area contributed by atoms with E-state index in [9.17, 15) is 21.6 Å². The van der Waals surface area contributed by atoms with Crippen LogP contribution in [0, 0.1) is 12.8 Å². The molecular weight excluding hydrogens is 534 g/mol. The lowest BCUT2D eigenvalue weighted by atomic mass is 9.97. The van der Waals surface area contributed by atoms with Gasteiger partial charge in [0.25, 0.3) is 10.0 Å². The van der Waals surface area contributed by atoms with Gasteiger partial charge in [-0.3, -0.25) is 9.52 Å². The molecule has 3 aromatic rings. The number of hydrogen-bond donors (Lipinski definition) is 2. The number of para-hydroxylation sites is 1. The number of amides is 1. The van der Waals surface area contributed by atoms with E-state index in [1.807, 2.05) is 19.1 Å². The van der Waals surface area contributed by atoms with Crippen molar-refractivity contribution in [2.75, 3.05) is 23.1 Å². The standard InChI is InChI=1S/C26H28ClN3O5S2/c1-19-5-2-3-8-25(19)29-37(34,35)24-11-9-23(10-12-24)28-26(31)21-13-15-30(16-14-21)36(32,33)18-20-6-4-7-22(27)17-20/h2-12,17,21,29H,13-16,18H2,1H3,(H,28,31). The fourth-order valence-electron chi connectivity index (χ4n) is 4.18. The fourth-order valence-corrected chi connectivity index (χ4v) is 7.07. The van der Waals surface area contributed by atoms with Gasteiger partial charge in [-0.05, 0) is 73.4 Å². The first-order valence-electron chi connectivity index (χ1n) is 11.8. The Bertz CT molecular complexity index is 1480. The number of nitrogens with one attached hydrogen (secondary N) is 2. The Morgan fingerprint density at radius 3 is 2.27 bits per heavy atom. The highest BCUT2D eigenvalue weighted by Gasteiger charge is 2.31. The number of carbonyl (C=O) groups excluding carboxylic acids is 1. The van der Waals surface area contributed by atoms with Crippen LogP contribution in [0.4, 0.5) is 11.4 Å². The van der Waals surface area contributed by atoms with Gasteiger partial charge in [0.15, 0.2) is 0 Å². The summed E-state index contributed by atoms with van der Waals surface area (Å²) >= 11 is 5.96. The van der Waals surface area contributed by atoms with Crippen molar-refractivity contribution < 1.29 is 21.6 Å². The first-order valence-corrected chi connectivity index (χ1v) is 15.2. The van der Waals surface area contributed by atoms with Crippen LogP contribution in [0.1, 0.15) is 24.0 Å². The zero-order valence-corrected chi connectivity index (χ0v) is 22.6. The molecule has 196 valence electrons. The van der Waals surface area contributed by atoms with Crippen LogP contribution < -0.4 is 10.0 Å². The smallest absolute Gasteiger partial charge is 0.261 e. The molecule has 1 heterocycles. The van der Waals surface area contributed by atoms with Crippen molar-refractivity contribution in [3.63, 3.8) is 0 Å². The average molecular weight is 562 g/mol. The zero-order valence-electron chi connectivity index (χ0n) is 20.2. The molecule has 0 spiro atoms. The number of anilines is 2. The van der Waals surface area contributed by atoms with Crippen LogP contribution in [0.15, 0.2) is 77.7 Å². The van der Waals surface area contributed by atoms with Crippen molar-refractivity contribution >= 4 is 48.9 Å². The third-order valence-electron chi connectivity index (χ3n) is 6.28. The Morgan fingerprint density at radius 2 is 1.62 bits per heavy atom. The second-order valence-electron chi connectivity index (χ2n) is 8.99. The quantitative estimate of drug-likeness (QED) is 0.416. The summed E-state index contributed by atoms with van der Waals surface area (Å²) < 4.78 is 55.0. The highest BCUT2D eigenvalue weighted by Crippen LogP contribution is 2.25. The van der Waals surface area contributed by atoms with Crippen LogP contribution in [0.5, 0.6) is 0 Å². The SMILES string of the molecule is Cc1ccccc1NS(=O)(=O)c1ccc(NC(=O)C2CCN(S(=O)(=O)Cc3cccc(Cl)c3)CC2)cc1. The topological polar surface area (TPSA) is 113 Å². The second-order valence-corrected chi connectivity index (χ2v) is 13.1. The minimum Gasteiger partial charge on any atom is -0.326 e. The normalized spacial score (nSPS) is 15.3. The number of nitrogens with zero attached hydrogens (tertiary/aromatic N) is 1. The number of piperidine rings is 1. The predicted molar refractivity (Wildman–Crippen MR) is 145 cm³/mol. The maximum Gasteiger partial charge on any atom is 0.261 e. The van der Waals surface area contributed by atoms with Crippen LogP contribution >= 0.6 is 11.6 Å². The van der Waals surface area contributed by atoms with Gasteiger partial charge < -0.3 is 5.32 Å². The molecule has 0 aromatic heterocycles. The number of halogens is 1. The number of benzene rings is 3. The molecule has 0 aliphatic carbocycles. The van der Waals surface area contributed by atoms with Crippen LogP contribution in [0.3, 0.4) is 0 Å². The Hall–Kier alpha value is -2.92. The lowest BCUT2D eigenvalue weighted by Gasteiger charge is -2.30. The van der Waals surface area contributed by atoms with Gasteiger partial charge in [-0.2, -0.15) is 0 Å².